The summed E-state index contributed by atoms with van der Waals surface area (Å²) in [6.07, 6.45) is 0.789. The summed E-state index contributed by atoms with van der Waals surface area (Å²) in [4.78, 5) is 16.3. The molecule has 3 aromatic rings. The van der Waals surface area contributed by atoms with E-state index in [0.717, 1.165) is 23.4 Å². The van der Waals surface area contributed by atoms with Gasteiger partial charge >= 0.3 is 0 Å². The van der Waals surface area contributed by atoms with Crippen molar-refractivity contribution >= 4 is 11.7 Å². The first-order chi connectivity index (χ1) is 16.2. The standard InChI is InChI=1S/C29H32FN3O/c1-18(24-7-5-6-8-25(24)30)32-26-17-29(3,4)27(19(2)33-26)22-13-9-20(10-14-22)21-11-15-23(16-12-21)28(31)34/h5-16,18-19,27H,17H2,1-4H3,(H2,31,34)(H,32,33)/t18-,19?,27?/m0/s1. The number of carbonyl (C=O) groups is 1. The van der Waals surface area contributed by atoms with Crippen LogP contribution in [0.1, 0.15) is 67.6 Å². The fourth-order valence-electron chi connectivity index (χ4n) is 5.24. The van der Waals surface area contributed by atoms with Crippen molar-refractivity contribution in [2.24, 2.45) is 16.1 Å². The van der Waals surface area contributed by atoms with Crippen LogP contribution in [0.25, 0.3) is 11.1 Å². The first kappa shape index (κ1) is 23.7. The summed E-state index contributed by atoms with van der Waals surface area (Å²) in [5, 5.41) is 3.45. The van der Waals surface area contributed by atoms with Gasteiger partial charge in [0, 0.05) is 23.5 Å². The number of halogens is 1. The lowest BCUT2D eigenvalue weighted by molar-refractivity contribution is 0.100. The van der Waals surface area contributed by atoms with E-state index in [2.05, 4.69) is 50.4 Å². The molecule has 1 aliphatic rings. The summed E-state index contributed by atoms with van der Waals surface area (Å²) in [7, 11) is 0. The van der Waals surface area contributed by atoms with E-state index in [9.17, 15) is 9.18 Å². The third-order valence-corrected chi connectivity index (χ3v) is 6.83. The molecule has 1 aliphatic heterocycles. The summed E-state index contributed by atoms with van der Waals surface area (Å²) in [6, 6.07) is 22.7. The number of primary amides is 1. The van der Waals surface area contributed by atoms with Gasteiger partial charge in [0.15, 0.2) is 0 Å². The summed E-state index contributed by atoms with van der Waals surface area (Å²) in [6.45, 7) is 8.67. The van der Waals surface area contributed by atoms with Gasteiger partial charge in [-0.05, 0) is 54.2 Å². The average Bonchev–Trinajstić information content (AvgIpc) is 2.79. The molecule has 0 aromatic heterocycles. The molecule has 0 bridgehead atoms. The van der Waals surface area contributed by atoms with Crippen molar-refractivity contribution in [2.75, 3.05) is 0 Å². The van der Waals surface area contributed by atoms with Crippen molar-refractivity contribution in [1.29, 1.82) is 0 Å². The molecule has 3 N–H and O–H groups in total. The Labute approximate surface area is 201 Å². The number of nitrogens with one attached hydrogen (secondary N) is 1. The highest BCUT2D eigenvalue weighted by Gasteiger charge is 2.39. The zero-order valence-corrected chi connectivity index (χ0v) is 20.2. The lowest BCUT2D eigenvalue weighted by Crippen LogP contribution is -2.42. The van der Waals surface area contributed by atoms with Crippen LogP contribution in [0.3, 0.4) is 0 Å². The number of hydrogen-bond donors (Lipinski definition) is 2. The first-order valence-electron chi connectivity index (χ1n) is 11.7. The Morgan fingerprint density at radius 2 is 1.62 bits per heavy atom. The molecule has 0 saturated heterocycles. The second-order valence-corrected chi connectivity index (χ2v) is 9.91. The number of amides is 1. The van der Waals surface area contributed by atoms with Gasteiger partial charge in [0.25, 0.3) is 0 Å². The topological polar surface area (TPSA) is 67.5 Å². The number of nitrogens with two attached hydrogens (primary N) is 1. The van der Waals surface area contributed by atoms with Gasteiger partial charge in [-0.3, -0.25) is 9.79 Å². The maximum Gasteiger partial charge on any atom is 0.248 e. The van der Waals surface area contributed by atoms with E-state index >= 15 is 0 Å². The van der Waals surface area contributed by atoms with Crippen LogP contribution in [0.5, 0.6) is 0 Å². The van der Waals surface area contributed by atoms with Gasteiger partial charge in [-0.15, -0.1) is 0 Å². The monoisotopic (exact) mass is 457 g/mol. The van der Waals surface area contributed by atoms with Crippen LogP contribution >= 0.6 is 0 Å². The third-order valence-electron chi connectivity index (χ3n) is 6.83. The SMILES string of the molecule is CC1N=C(N[C@@H](C)c2ccccc2F)CC(C)(C)C1c1ccc(-c2ccc(C(N)=O)cc2)cc1. The zero-order valence-electron chi connectivity index (χ0n) is 20.2. The van der Waals surface area contributed by atoms with Crippen molar-refractivity contribution in [1.82, 2.24) is 5.32 Å². The molecule has 4 nitrogen and oxygen atoms in total. The number of hydrogen-bond acceptors (Lipinski definition) is 3. The minimum atomic E-state index is -0.423. The van der Waals surface area contributed by atoms with E-state index in [-0.39, 0.29) is 29.2 Å². The van der Waals surface area contributed by atoms with E-state index in [1.165, 1.54) is 11.6 Å². The van der Waals surface area contributed by atoms with E-state index in [4.69, 9.17) is 10.7 Å². The van der Waals surface area contributed by atoms with Crippen LogP contribution in [-0.2, 0) is 0 Å². The number of aliphatic imine (C=N–C) groups is 1. The molecule has 34 heavy (non-hydrogen) atoms. The van der Waals surface area contributed by atoms with Gasteiger partial charge in [0.05, 0.1) is 17.9 Å². The second kappa shape index (κ2) is 9.41. The molecule has 0 radical (unpaired) electrons. The molecular formula is C29H32FN3O. The number of nitrogens with zero attached hydrogens (tertiary/aromatic N) is 1. The predicted octanol–water partition coefficient (Wildman–Crippen LogP) is 6.24. The third kappa shape index (κ3) is 4.89. The Morgan fingerprint density at radius 1 is 1.03 bits per heavy atom. The van der Waals surface area contributed by atoms with Crippen molar-refractivity contribution in [3.8, 4) is 11.1 Å². The fourth-order valence-corrected chi connectivity index (χ4v) is 5.24. The number of rotatable bonds is 5. The summed E-state index contributed by atoms with van der Waals surface area (Å²) in [5.41, 5.74) is 9.85. The number of carbonyl (C=O) groups excluding carboxylic acids is 1. The smallest absolute Gasteiger partial charge is 0.248 e. The zero-order chi connectivity index (χ0) is 24.5. The summed E-state index contributed by atoms with van der Waals surface area (Å²) in [5.74, 6) is 0.561. The van der Waals surface area contributed by atoms with Crippen molar-refractivity contribution in [3.05, 3.63) is 95.3 Å². The molecule has 5 heteroatoms. The van der Waals surface area contributed by atoms with Crippen LogP contribution in [0.4, 0.5) is 4.39 Å². The van der Waals surface area contributed by atoms with E-state index < -0.39 is 5.91 Å². The Kier molecular flexibility index (Phi) is 6.56. The molecule has 0 fully saturated rings. The van der Waals surface area contributed by atoms with Gasteiger partial charge in [0.1, 0.15) is 5.82 Å². The quantitative estimate of drug-likeness (QED) is 0.476. The maximum absolute atomic E-state index is 14.2. The molecule has 1 amide bonds. The van der Waals surface area contributed by atoms with Crippen LogP contribution < -0.4 is 11.1 Å². The molecule has 0 saturated carbocycles. The molecule has 3 aromatic carbocycles. The van der Waals surface area contributed by atoms with Crippen LogP contribution in [0.2, 0.25) is 0 Å². The Bertz CT molecular complexity index is 1200. The summed E-state index contributed by atoms with van der Waals surface area (Å²) < 4.78 is 14.2. The van der Waals surface area contributed by atoms with E-state index in [0.29, 0.717) is 11.1 Å². The van der Waals surface area contributed by atoms with Crippen molar-refractivity contribution in [3.63, 3.8) is 0 Å². The molecule has 1 heterocycles. The number of benzene rings is 3. The fraction of sp³-hybridized carbons (Fsp3) is 0.310. The van der Waals surface area contributed by atoms with Crippen molar-refractivity contribution < 1.29 is 9.18 Å². The van der Waals surface area contributed by atoms with Gasteiger partial charge in [0.2, 0.25) is 5.91 Å². The van der Waals surface area contributed by atoms with Crippen molar-refractivity contribution in [2.45, 2.75) is 52.1 Å². The molecular weight excluding hydrogens is 425 g/mol. The van der Waals surface area contributed by atoms with Crippen LogP contribution in [-0.4, -0.2) is 17.8 Å². The molecule has 4 rings (SSSR count). The molecule has 176 valence electrons. The Hall–Kier alpha value is -3.47. The van der Waals surface area contributed by atoms with Gasteiger partial charge in [-0.2, -0.15) is 0 Å². The number of amidine groups is 1. The molecule has 2 unspecified atom stereocenters. The lowest BCUT2D eigenvalue weighted by atomic mass is 9.67. The predicted molar refractivity (Wildman–Crippen MR) is 136 cm³/mol. The van der Waals surface area contributed by atoms with Crippen LogP contribution in [0.15, 0.2) is 77.8 Å². The Morgan fingerprint density at radius 3 is 2.18 bits per heavy atom. The highest BCUT2D eigenvalue weighted by Crippen LogP contribution is 2.45. The van der Waals surface area contributed by atoms with E-state index in [1.54, 1.807) is 18.2 Å². The highest BCUT2D eigenvalue weighted by molar-refractivity contribution is 5.93. The average molecular weight is 458 g/mol. The molecule has 0 aliphatic carbocycles. The lowest BCUT2D eigenvalue weighted by Gasteiger charge is -2.42. The second-order valence-electron chi connectivity index (χ2n) is 9.91. The van der Waals surface area contributed by atoms with Crippen LogP contribution in [0, 0.1) is 11.2 Å². The van der Waals surface area contributed by atoms with Gasteiger partial charge in [-0.25, -0.2) is 4.39 Å². The maximum atomic E-state index is 14.2. The van der Waals surface area contributed by atoms with Gasteiger partial charge < -0.3 is 11.1 Å². The van der Waals surface area contributed by atoms with E-state index in [1.807, 2.05) is 31.2 Å². The molecule has 3 atom stereocenters. The summed E-state index contributed by atoms with van der Waals surface area (Å²) >= 11 is 0. The molecule has 0 spiro atoms. The minimum Gasteiger partial charge on any atom is -0.367 e. The Balaban J connectivity index is 1.52. The minimum absolute atomic E-state index is 0.0247. The largest absolute Gasteiger partial charge is 0.367 e. The van der Waals surface area contributed by atoms with Gasteiger partial charge in [-0.1, -0.05) is 68.4 Å². The first-order valence-corrected chi connectivity index (χ1v) is 11.7. The normalized spacial score (nSPS) is 20.3. The highest BCUT2D eigenvalue weighted by atomic mass is 19.1.